The summed E-state index contributed by atoms with van der Waals surface area (Å²) in [6.45, 7) is 11.5. The maximum atomic E-state index is 13.0. The minimum atomic E-state index is -0.281. The second kappa shape index (κ2) is 8.11. The van der Waals surface area contributed by atoms with E-state index in [1.807, 2.05) is 18.5 Å². The third kappa shape index (κ3) is 3.49. The first kappa shape index (κ1) is 18.9. The van der Waals surface area contributed by atoms with Gasteiger partial charge in [0.25, 0.3) is 0 Å². The number of allylic oxidation sites excluding steroid dienone is 4. The Morgan fingerprint density at radius 3 is 2.92 bits per heavy atom. The standard InChI is InChI=1S/C20H30N2OS/c1-6-8-9-15(4)20(7-2)16(5)17(23)12-14(3)10-11-21-19-18(20)24-13-22-19/h6,8-9,13-14,16,21H,7,10-12H2,1-5H3/b8-6-,15-9+/t14-,16?,20+/m0/s1. The third-order valence-corrected chi connectivity index (χ3v) is 6.48. The van der Waals surface area contributed by atoms with Gasteiger partial charge in [-0.15, -0.1) is 11.3 Å². The minimum absolute atomic E-state index is 0.0504. The molecule has 1 aromatic heterocycles. The van der Waals surface area contributed by atoms with Crippen LogP contribution in [0.4, 0.5) is 5.82 Å². The predicted octanol–water partition coefficient (Wildman–Crippen LogP) is 5.36. The Labute approximate surface area is 150 Å². The number of fused-ring (bicyclic) bond motifs is 1. The summed E-state index contributed by atoms with van der Waals surface area (Å²) in [5.41, 5.74) is 2.87. The lowest BCUT2D eigenvalue weighted by Gasteiger charge is -2.39. The number of rotatable bonds is 3. The monoisotopic (exact) mass is 346 g/mol. The zero-order valence-corrected chi connectivity index (χ0v) is 16.4. The number of nitrogens with one attached hydrogen (secondary N) is 1. The van der Waals surface area contributed by atoms with Crippen molar-refractivity contribution in [3.8, 4) is 0 Å². The lowest BCUT2D eigenvalue weighted by molar-refractivity contribution is -0.125. The maximum Gasteiger partial charge on any atom is 0.141 e. The van der Waals surface area contributed by atoms with E-state index in [9.17, 15) is 4.79 Å². The van der Waals surface area contributed by atoms with Crippen LogP contribution >= 0.6 is 11.3 Å². The fourth-order valence-electron chi connectivity index (χ4n) is 3.87. The second-order valence-electron chi connectivity index (χ2n) is 6.94. The van der Waals surface area contributed by atoms with E-state index in [0.717, 1.165) is 25.2 Å². The van der Waals surface area contributed by atoms with Crippen LogP contribution in [0.1, 0.15) is 58.8 Å². The van der Waals surface area contributed by atoms with Crippen LogP contribution in [0.3, 0.4) is 0 Å². The molecule has 24 heavy (non-hydrogen) atoms. The number of thiazole rings is 1. The highest BCUT2D eigenvalue weighted by atomic mass is 32.1. The number of hydrogen-bond acceptors (Lipinski definition) is 4. The van der Waals surface area contributed by atoms with Crippen LogP contribution in [-0.4, -0.2) is 17.3 Å². The van der Waals surface area contributed by atoms with E-state index in [2.05, 4.69) is 50.1 Å². The molecule has 0 radical (unpaired) electrons. The smallest absolute Gasteiger partial charge is 0.141 e. The number of anilines is 1. The Hall–Kier alpha value is -1.42. The summed E-state index contributed by atoms with van der Waals surface area (Å²) in [5, 5.41) is 3.52. The number of Topliss-reactive ketones (excluding diaryl/α,β-unsaturated/α-hetero) is 1. The summed E-state index contributed by atoms with van der Waals surface area (Å²) in [6.07, 6.45) is 8.82. The van der Waals surface area contributed by atoms with Crippen LogP contribution in [0, 0.1) is 11.8 Å². The van der Waals surface area contributed by atoms with Crippen molar-refractivity contribution in [2.75, 3.05) is 11.9 Å². The van der Waals surface area contributed by atoms with Crippen LogP contribution in [0.2, 0.25) is 0 Å². The average Bonchev–Trinajstić information content (AvgIpc) is 3.02. The fourth-order valence-corrected chi connectivity index (χ4v) is 5.07. The first-order valence-electron chi connectivity index (χ1n) is 8.97. The molecule has 0 saturated carbocycles. The summed E-state index contributed by atoms with van der Waals surface area (Å²) >= 11 is 1.67. The van der Waals surface area contributed by atoms with E-state index in [-0.39, 0.29) is 11.3 Å². The van der Waals surface area contributed by atoms with Crippen molar-refractivity contribution in [2.24, 2.45) is 11.8 Å². The lowest BCUT2D eigenvalue weighted by atomic mass is 9.65. The van der Waals surface area contributed by atoms with Crippen LogP contribution in [-0.2, 0) is 10.2 Å². The van der Waals surface area contributed by atoms with Crippen LogP contribution in [0.15, 0.2) is 29.3 Å². The first-order valence-corrected chi connectivity index (χ1v) is 9.85. The summed E-state index contributed by atoms with van der Waals surface area (Å²) in [4.78, 5) is 18.8. The Balaban J connectivity index is 2.65. The summed E-state index contributed by atoms with van der Waals surface area (Å²) in [6, 6.07) is 0. The highest BCUT2D eigenvalue weighted by Gasteiger charge is 2.44. The zero-order valence-electron chi connectivity index (χ0n) is 15.6. The fraction of sp³-hybridized carbons (Fsp3) is 0.600. The quantitative estimate of drug-likeness (QED) is 0.749. The van der Waals surface area contributed by atoms with Crippen LogP contribution in [0.25, 0.3) is 0 Å². The molecular formula is C20H30N2OS. The van der Waals surface area contributed by atoms with Crippen molar-refractivity contribution in [1.82, 2.24) is 4.98 Å². The van der Waals surface area contributed by atoms with Crippen molar-refractivity contribution in [3.05, 3.63) is 34.2 Å². The highest BCUT2D eigenvalue weighted by Crippen LogP contribution is 2.48. The van der Waals surface area contributed by atoms with Crippen molar-refractivity contribution >= 4 is 22.9 Å². The van der Waals surface area contributed by atoms with Gasteiger partial charge in [-0.1, -0.05) is 44.6 Å². The molecule has 0 spiro atoms. The normalized spacial score (nSPS) is 29.4. The molecule has 0 bridgehead atoms. The molecule has 0 fully saturated rings. The molecule has 2 heterocycles. The molecule has 0 aromatic carbocycles. The van der Waals surface area contributed by atoms with E-state index < -0.39 is 0 Å². The molecule has 1 aliphatic rings. The second-order valence-corrected chi connectivity index (χ2v) is 7.80. The predicted molar refractivity (Wildman–Crippen MR) is 104 cm³/mol. The average molecular weight is 347 g/mol. The molecule has 0 aliphatic carbocycles. The Morgan fingerprint density at radius 2 is 2.25 bits per heavy atom. The topological polar surface area (TPSA) is 42.0 Å². The van der Waals surface area contributed by atoms with Crippen molar-refractivity contribution in [1.29, 1.82) is 0 Å². The Kier molecular flexibility index (Phi) is 6.39. The highest BCUT2D eigenvalue weighted by molar-refractivity contribution is 7.10. The first-order chi connectivity index (χ1) is 11.5. The van der Waals surface area contributed by atoms with E-state index >= 15 is 0 Å². The van der Waals surface area contributed by atoms with Gasteiger partial charge in [0.2, 0.25) is 0 Å². The molecule has 0 saturated heterocycles. The van der Waals surface area contributed by atoms with Crippen LogP contribution in [0.5, 0.6) is 0 Å². The van der Waals surface area contributed by atoms with Crippen molar-refractivity contribution < 1.29 is 4.79 Å². The molecule has 1 aromatic rings. The van der Waals surface area contributed by atoms with Gasteiger partial charge >= 0.3 is 0 Å². The molecule has 1 aliphatic heterocycles. The Bertz CT molecular complexity index is 631. The SMILES string of the molecule is C/C=C\C=C(/C)[C@@]1(CC)c2scnc2NCC[C@H](C)CC(=O)C1C. The molecular weight excluding hydrogens is 316 g/mol. The number of ketones is 1. The summed E-state index contributed by atoms with van der Waals surface area (Å²) < 4.78 is 0. The largest absolute Gasteiger partial charge is 0.369 e. The van der Waals surface area contributed by atoms with E-state index in [1.165, 1.54) is 10.5 Å². The molecule has 4 heteroatoms. The number of nitrogens with zero attached hydrogens (tertiary/aromatic N) is 1. The molecule has 2 rings (SSSR count). The minimum Gasteiger partial charge on any atom is -0.369 e. The molecule has 3 atom stereocenters. The summed E-state index contributed by atoms with van der Waals surface area (Å²) in [5.74, 6) is 1.69. The van der Waals surface area contributed by atoms with Gasteiger partial charge in [0.1, 0.15) is 11.6 Å². The van der Waals surface area contributed by atoms with Gasteiger partial charge in [0.15, 0.2) is 0 Å². The number of carbonyl (C=O) groups is 1. The third-order valence-electron chi connectivity index (χ3n) is 5.47. The van der Waals surface area contributed by atoms with Gasteiger partial charge < -0.3 is 5.32 Å². The van der Waals surface area contributed by atoms with Gasteiger partial charge in [-0.05, 0) is 32.6 Å². The maximum absolute atomic E-state index is 13.0. The van der Waals surface area contributed by atoms with Gasteiger partial charge in [-0.2, -0.15) is 0 Å². The van der Waals surface area contributed by atoms with E-state index in [1.54, 1.807) is 11.3 Å². The van der Waals surface area contributed by atoms with Crippen LogP contribution < -0.4 is 5.32 Å². The molecule has 0 amide bonds. The number of aromatic nitrogens is 1. The lowest BCUT2D eigenvalue weighted by Crippen LogP contribution is -2.40. The van der Waals surface area contributed by atoms with Gasteiger partial charge in [0, 0.05) is 24.3 Å². The van der Waals surface area contributed by atoms with Gasteiger partial charge in [-0.25, -0.2) is 4.98 Å². The Morgan fingerprint density at radius 1 is 1.50 bits per heavy atom. The van der Waals surface area contributed by atoms with Gasteiger partial charge in [-0.3, -0.25) is 4.79 Å². The van der Waals surface area contributed by atoms with Crippen molar-refractivity contribution in [3.63, 3.8) is 0 Å². The number of hydrogen-bond donors (Lipinski definition) is 1. The molecule has 1 unspecified atom stereocenters. The number of carbonyl (C=O) groups excluding carboxylic acids is 1. The summed E-state index contributed by atoms with van der Waals surface area (Å²) in [7, 11) is 0. The van der Waals surface area contributed by atoms with Crippen molar-refractivity contribution in [2.45, 2.75) is 59.3 Å². The molecule has 1 N–H and O–H groups in total. The zero-order chi connectivity index (χ0) is 17.7. The molecule has 132 valence electrons. The van der Waals surface area contributed by atoms with E-state index in [4.69, 9.17) is 0 Å². The van der Waals surface area contributed by atoms with Gasteiger partial charge in [0.05, 0.1) is 10.4 Å². The molecule has 3 nitrogen and oxygen atoms in total. The van der Waals surface area contributed by atoms with E-state index in [0.29, 0.717) is 18.1 Å².